The molecule has 0 saturated carbocycles. The van der Waals surface area contributed by atoms with Gasteiger partial charge in [-0.1, -0.05) is 6.07 Å². The third-order valence-corrected chi connectivity index (χ3v) is 4.27. The van der Waals surface area contributed by atoms with Gasteiger partial charge in [0, 0.05) is 17.0 Å². The van der Waals surface area contributed by atoms with Gasteiger partial charge in [0.05, 0.1) is 13.2 Å². The van der Waals surface area contributed by atoms with E-state index in [1.807, 2.05) is 17.5 Å². The number of carbonyl (C=O) groups is 1. The van der Waals surface area contributed by atoms with Gasteiger partial charge in [0.1, 0.15) is 11.9 Å². The van der Waals surface area contributed by atoms with Crippen molar-refractivity contribution in [1.82, 2.24) is 4.90 Å². The number of morpholine rings is 1. The molecule has 2 aromatic rings. The van der Waals surface area contributed by atoms with E-state index in [4.69, 9.17) is 4.74 Å². The van der Waals surface area contributed by atoms with Gasteiger partial charge in [-0.2, -0.15) is 0 Å². The Labute approximate surface area is 120 Å². The van der Waals surface area contributed by atoms with Crippen LogP contribution in [-0.2, 0) is 4.74 Å². The summed E-state index contributed by atoms with van der Waals surface area (Å²) in [5.41, 5.74) is 0.512. The van der Waals surface area contributed by atoms with Crippen LogP contribution in [0.1, 0.15) is 21.3 Å². The molecule has 3 nitrogen and oxygen atoms in total. The lowest BCUT2D eigenvalue weighted by molar-refractivity contribution is -0.0211. The number of amides is 1. The Hall–Kier alpha value is -1.72. The Balaban J connectivity index is 1.73. The lowest BCUT2D eigenvalue weighted by Gasteiger charge is -2.32. The van der Waals surface area contributed by atoms with Gasteiger partial charge in [-0.25, -0.2) is 4.39 Å². The predicted octanol–water partition coefficient (Wildman–Crippen LogP) is 3.10. The predicted molar refractivity (Wildman–Crippen MR) is 75.3 cm³/mol. The van der Waals surface area contributed by atoms with Crippen LogP contribution in [0.3, 0.4) is 0 Å². The molecule has 1 atom stereocenters. The number of ether oxygens (including phenoxy) is 1. The van der Waals surface area contributed by atoms with E-state index >= 15 is 0 Å². The number of rotatable bonds is 2. The Kier molecular flexibility index (Phi) is 3.80. The zero-order valence-corrected chi connectivity index (χ0v) is 11.6. The van der Waals surface area contributed by atoms with Crippen LogP contribution in [0, 0.1) is 5.82 Å². The first-order valence-corrected chi connectivity index (χ1v) is 7.32. The molecule has 1 fully saturated rings. The van der Waals surface area contributed by atoms with Crippen molar-refractivity contribution < 1.29 is 13.9 Å². The van der Waals surface area contributed by atoms with Crippen LogP contribution in [0.25, 0.3) is 0 Å². The van der Waals surface area contributed by atoms with Crippen molar-refractivity contribution in [3.05, 3.63) is 58.0 Å². The molecule has 1 aliphatic heterocycles. The monoisotopic (exact) mass is 291 g/mol. The smallest absolute Gasteiger partial charge is 0.254 e. The maximum Gasteiger partial charge on any atom is 0.254 e. The second kappa shape index (κ2) is 5.73. The summed E-state index contributed by atoms with van der Waals surface area (Å²) in [5.74, 6) is -0.408. The summed E-state index contributed by atoms with van der Waals surface area (Å²) in [6, 6.07) is 9.65. The van der Waals surface area contributed by atoms with Crippen LogP contribution in [0.4, 0.5) is 4.39 Å². The molecule has 1 unspecified atom stereocenters. The number of hydrogen-bond acceptors (Lipinski definition) is 3. The summed E-state index contributed by atoms with van der Waals surface area (Å²) in [7, 11) is 0. The lowest BCUT2D eigenvalue weighted by Crippen LogP contribution is -2.42. The van der Waals surface area contributed by atoms with Crippen molar-refractivity contribution in [3.8, 4) is 0 Å². The summed E-state index contributed by atoms with van der Waals surface area (Å²) < 4.78 is 18.6. The van der Waals surface area contributed by atoms with Crippen LogP contribution in [0.2, 0.25) is 0 Å². The molecule has 0 spiro atoms. The van der Waals surface area contributed by atoms with Crippen LogP contribution in [0.5, 0.6) is 0 Å². The average molecular weight is 291 g/mol. The minimum atomic E-state index is -0.333. The van der Waals surface area contributed by atoms with Gasteiger partial charge in [0.25, 0.3) is 5.91 Å². The van der Waals surface area contributed by atoms with E-state index in [2.05, 4.69) is 0 Å². The number of benzene rings is 1. The van der Waals surface area contributed by atoms with Gasteiger partial charge in [-0.15, -0.1) is 11.3 Å². The molecule has 1 aromatic carbocycles. The zero-order chi connectivity index (χ0) is 13.9. The quantitative estimate of drug-likeness (QED) is 0.851. The van der Waals surface area contributed by atoms with E-state index in [1.54, 1.807) is 16.2 Å². The molecule has 20 heavy (non-hydrogen) atoms. The van der Waals surface area contributed by atoms with Crippen molar-refractivity contribution in [1.29, 1.82) is 0 Å². The molecular weight excluding hydrogens is 277 g/mol. The number of halogens is 1. The number of nitrogens with zero attached hydrogens (tertiary/aromatic N) is 1. The van der Waals surface area contributed by atoms with Gasteiger partial charge in [0.15, 0.2) is 0 Å². The molecule has 2 heterocycles. The van der Waals surface area contributed by atoms with E-state index < -0.39 is 0 Å². The first-order valence-electron chi connectivity index (χ1n) is 6.44. The molecule has 104 valence electrons. The van der Waals surface area contributed by atoms with E-state index in [9.17, 15) is 9.18 Å². The van der Waals surface area contributed by atoms with Crippen LogP contribution < -0.4 is 0 Å². The van der Waals surface area contributed by atoms with E-state index in [0.29, 0.717) is 25.3 Å². The summed E-state index contributed by atoms with van der Waals surface area (Å²) >= 11 is 1.63. The van der Waals surface area contributed by atoms with Crippen molar-refractivity contribution in [2.75, 3.05) is 19.7 Å². The summed E-state index contributed by atoms with van der Waals surface area (Å²) in [6.45, 7) is 1.63. The Morgan fingerprint density at radius 1 is 1.30 bits per heavy atom. The topological polar surface area (TPSA) is 29.5 Å². The summed E-state index contributed by atoms with van der Waals surface area (Å²) in [5, 5.41) is 2.00. The normalized spacial score (nSPS) is 19.1. The number of thiophene rings is 1. The van der Waals surface area contributed by atoms with Crippen molar-refractivity contribution in [3.63, 3.8) is 0 Å². The Morgan fingerprint density at radius 3 is 2.80 bits per heavy atom. The van der Waals surface area contributed by atoms with Crippen LogP contribution in [0.15, 0.2) is 41.8 Å². The van der Waals surface area contributed by atoms with Crippen molar-refractivity contribution >= 4 is 17.2 Å². The largest absolute Gasteiger partial charge is 0.369 e. The van der Waals surface area contributed by atoms with E-state index in [1.165, 1.54) is 24.3 Å². The molecule has 1 amide bonds. The van der Waals surface area contributed by atoms with Crippen LogP contribution in [-0.4, -0.2) is 30.5 Å². The zero-order valence-electron chi connectivity index (χ0n) is 10.8. The molecule has 1 aliphatic rings. The third kappa shape index (κ3) is 2.73. The standard InChI is InChI=1S/C15H14FNO2S/c16-12-5-3-11(4-6-12)15(18)17-7-8-19-13(10-17)14-2-1-9-20-14/h1-6,9,13H,7-8,10H2. The Morgan fingerprint density at radius 2 is 2.10 bits per heavy atom. The molecule has 0 bridgehead atoms. The Bertz CT molecular complexity index is 582. The van der Waals surface area contributed by atoms with Crippen molar-refractivity contribution in [2.45, 2.75) is 6.10 Å². The third-order valence-electron chi connectivity index (χ3n) is 3.31. The molecule has 3 rings (SSSR count). The average Bonchev–Trinajstić information content (AvgIpc) is 3.02. The molecule has 1 saturated heterocycles. The van der Waals surface area contributed by atoms with Gasteiger partial charge in [-0.3, -0.25) is 4.79 Å². The van der Waals surface area contributed by atoms with Gasteiger partial charge >= 0.3 is 0 Å². The van der Waals surface area contributed by atoms with E-state index in [-0.39, 0.29) is 17.8 Å². The first kappa shape index (κ1) is 13.3. The van der Waals surface area contributed by atoms with Gasteiger partial charge in [-0.05, 0) is 35.7 Å². The first-order chi connectivity index (χ1) is 9.74. The highest BCUT2D eigenvalue weighted by Gasteiger charge is 2.26. The second-order valence-electron chi connectivity index (χ2n) is 4.63. The fourth-order valence-corrected chi connectivity index (χ4v) is 3.02. The second-order valence-corrected chi connectivity index (χ2v) is 5.61. The maximum absolute atomic E-state index is 12.9. The molecule has 0 aliphatic carbocycles. The fraction of sp³-hybridized carbons (Fsp3) is 0.267. The van der Waals surface area contributed by atoms with Gasteiger partial charge in [0.2, 0.25) is 0 Å². The molecular formula is C15H14FNO2S. The summed E-state index contributed by atoms with van der Waals surface area (Å²) in [6.07, 6.45) is -0.0619. The number of carbonyl (C=O) groups excluding carboxylic acids is 1. The molecule has 1 aromatic heterocycles. The molecule has 0 N–H and O–H groups in total. The minimum Gasteiger partial charge on any atom is -0.369 e. The minimum absolute atomic E-state index is 0.0619. The number of hydrogen-bond donors (Lipinski definition) is 0. The van der Waals surface area contributed by atoms with Crippen molar-refractivity contribution in [2.24, 2.45) is 0 Å². The molecule has 5 heteroatoms. The fourth-order valence-electron chi connectivity index (χ4n) is 2.26. The van der Waals surface area contributed by atoms with E-state index in [0.717, 1.165) is 4.88 Å². The maximum atomic E-state index is 12.9. The highest BCUT2D eigenvalue weighted by Crippen LogP contribution is 2.26. The highest BCUT2D eigenvalue weighted by molar-refractivity contribution is 7.10. The highest BCUT2D eigenvalue weighted by atomic mass is 32.1. The SMILES string of the molecule is O=C(c1ccc(F)cc1)N1CCOC(c2cccs2)C1. The lowest BCUT2D eigenvalue weighted by atomic mass is 10.1. The summed E-state index contributed by atoms with van der Waals surface area (Å²) in [4.78, 5) is 15.3. The molecule has 0 radical (unpaired) electrons. The van der Waals surface area contributed by atoms with Crippen LogP contribution >= 0.6 is 11.3 Å². The van der Waals surface area contributed by atoms with Gasteiger partial charge < -0.3 is 9.64 Å².